The number of nitrogens with zero attached hydrogens (tertiary/aromatic N) is 2. The molecule has 0 spiro atoms. The zero-order chi connectivity index (χ0) is 32.2. The summed E-state index contributed by atoms with van der Waals surface area (Å²) < 4.78 is 68.9. The lowest BCUT2D eigenvalue weighted by Gasteiger charge is -2.43. The average Bonchev–Trinajstić information content (AvgIpc) is 3.07. The molecule has 2 aliphatic heterocycles. The summed E-state index contributed by atoms with van der Waals surface area (Å²) in [6.07, 6.45) is -3.24. The summed E-state index contributed by atoms with van der Waals surface area (Å²) in [4.78, 5) is 30.6. The van der Waals surface area contributed by atoms with Crippen molar-refractivity contribution >= 4 is 27.3 Å². The number of rotatable bonds is 8. The summed E-state index contributed by atoms with van der Waals surface area (Å²) in [6, 6.07) is 18.1. The standard InChI is InChI=1S/C33H36F3N3O5S/c1-2-45(42,43)29-14-3-23(4-15-29)21-37-31(40)25-7-12-28(13-8-25)39-22-26(24-5-10-27(11-6-24)33(34,35)36)9-16-30(39)32(41)38-17-19-44-20-18-38/h3-8,10-15,26,30H,2,9,16-22H2,1H3,(H,37,40)/t26?,30-/m0/s1. The third-order valence-electron chi connectivity index (χ3n) is 8.48. The molecule has 8 nitrogen and oxygen atoms in total. The van der Waals surface area contributed by atoms with Gasteiger partial charge in [-0.3, -0.25) is 9.59 Å². The second-order valence-corrected chi connectivity index (χ2v) is 13.6. The number of halogens is 3. The van der Waals surface area contributed by atoms with Gasteiger partial charge in [-0.1, -0.05) is 31.2 Å². The summed E-state index contributed by atoms with van der Waals surface area (Å²) in [5.41, 5.74) is 1.98. The van der Waals surface area contributed by atoms with E-state index in [0.29, 0.717) is 51.3 Å². The fourth-order valence-electron chi connectivity index (χ4n) is 5.79. The summed E-state index contributed by atoms with van der Waals surface area (Å²) >= 11 is 0. The normalized spacial score (nSPS) is 19.3. The van der Waals surface area contributed by atoms with Gasteiger partial charge >= 0.3 is 6.18 Å². The number of ether oxygens (including phenoxy) is 1. The first-order chi connectivity index (χ1) is 21.5. The maximum Gasteiger partial charge on any atom is 0.416 e. The number of carbonyl (C=O) groups excluding carboxylic acids is 2. The Bertz CT molecular complexity index is 1590. The van der Waals surface area contributed by atoms with Crippen LogP contribution in [0.2, 0.25) is 0 Å². The summed E-state index contributed by atoms with van der Waals surface area (Å²) in [5.74, 6) is -0.394. The molecule has 0 aromatic heterocycles. The van der Waals surface area contributed by atoms with Crippen LogP contribution < -0.4 is 10.2 Å². The van der Waals surface area contributed by atoms with Gasteiger partial charge in [-0.2, -0.15) is 13.2 Å². The number of nitrogens with one attached hydrogen (secondary N) is 1. The van der Waals surface area contributed by atoms with Gasteiger partial charge < -0.3 is 19.9 Å². The largest absolute Gasteiger partial charge is 0.416 e. The van der Waals surface area contributed by atoms with E-state index >= 15 is 0 Å². The highest BCUT2D eigenvalue weighted by molar-refractivity contribution is 7.91. The van der Waals surface area contributed by atoms with Crippen LogP contribution >= 0.6 is 0 Å². The van der Waals surface area contributed by atoms with E-state index in [9.17, 15) is 31.2 Å². The fraction of sp³-hybridized carbons (Fsp3) is 0.394. The molecule has 45 heavy (non-hydrogen) atoms. The maximum absolute atomic E-state index is 13.6. The maximum atomic E-state index is 13.6. The lowest BCUT2D eigenvalue weighted by molar-refractivity contribution is -0.138. The van der Waals surface area contributed by atoms with E-state index in [1.165, 1.54) is 24.3 Å². The molecule has 2 aliphatic rings. The first-order valence-electron chi connectivity index (χ1n) is 15.0. The van der Waals surface area contributed by atoms with Crippen molar-refractivity contribution in [3.8, 4) is 0 Å². The first kappa shape index (κ1) is 32.5. The molecule has 240 valence electrons. The van der Waals surface area contributed by atoms with Crippen LogP contribution in [-0.4, -0.2) is 69.8 Å². The van der Waals surface area contributed by atoms with Crippen LogP contribution in [0.1, 0.15) is 52.7 Å². The molecule has 12 heteroatoms. The predicted molar refractivity (Wildman–Crippen MR) is 164 cm³/mol. The van der Waals surface area contributed by atoms with Crippen LogP contribution in [0.4, 0.5) is 18.9 Å². The third kappa shape index (κ3) is 7.67. The predicted octanol–water partition coefficient (Wildman–Crippen LogP) is 5.04. The van der Waals surface area contributed by atoms with Gasteiger partial charge in [0.05, 0.1) is 29.4 Å². The molecule has 0 aliphatic carbocycles. The Morgan fingerprint density at radius 3 is 2.16 bits per heavy atom. The molecule has 2 atom stereocenters. The quantitative estimate of drug-likeness (QED) is 0.370. The molecule has 2 heterocycles. The lowest BCUT2D eigenvalue weighted by atomic mass is 9.86. The molecule has 5 rings (SSSR count). The number of alkyl halides is 3. The average molecular weight is 644 g/mol. The lowest BCUT2D eigenvalue weighted by Crippen LogP contribution is -2.54. The van der Waals surface area contributed by atoms with Crippen LogP contribution in [0, 0.1) is 0 Å². The monoisotopic (exact) mass is 643 g/mol. The van der Waals surface area contributed by atoms with Crippen molar-refractivity contribution in [2.45, 2.75) is 49.3 Å². The third-order valence-corrected chi connectivity index (χ3v) is 10.2. The van der Waals surface area contributed by atoms with E-state index in [1.54, 1.807) is 48.2 Å². The number of morpholine rings is 1. The minimum atomic E-state index is -4.41. The second kappa shape index (κ2) is 13.6. The highest BCUT2D eigenvalue weighted by Crippen LogP contribution is 2.36. The van der Waals surface area contributed by atoms with E-state index in [1.807, 2.05) is 4.90 Å². The molecule has 3 aromatic carbocycles. The van der Waals surface area contributed by atoms with E-state index in [0.717, 1.165) is 28.9 Å². The number of benzene rings is 3. The van der Waals surface area contributed by atoms with Gasteiger partial charge in [-0.05, 0) is 72.5 Å². The summed E-state index contributed by atoms with van der Waals surface area (Å²) in [5, 5.41) is 2.85. The Hall–Kier alpha value is -3.90. The highest BCUT2D eigenvalue weighted by Gasteiger charge is 2.37. The molecule has 2 amide bonds. The minimum Gasteiger partial charge on any atom is -0.378 e. The van der Waals surface area contributed by atoms with Crippen molar-refractivity contribution in [1.29, 1.82) is 0 Å². The summed E-state index contributed by atoms with van der Waals surface area (Å²) in [7, 11) is -3.31. The first-order valence-corrected chi connectivity index (χ1v) is 16.6. The molecule has 0 bridgehead atoms. The number of hydrogen-bond acceptors (Lipinski definition) is 6. The SMILES string of the molecule is CCS(=O)(=O)c1ccc(CNC(=O)c2ccc(N3CC(c4ccc(C(F)(F)F)cc4)CC[C@H]3C(=O)N3CCOCC3)cc2)cc1. The van der Waals surface area contributed by atoms with Gasteiger partial charge in [0.2, 0.25) is 5.91 Å². The zero-order valence-electron chi connectivity index (χ0n) is 24.9. The highest BCUT2D eigenvalue weighted by atomic mass is 32.2. The molecule has 2 saturated heterocycles. The van der Waals surface area contributed by atoms with Crippen LogP contribution in [-0.2, 0) is 32.1 Å². The van der Waals surface area contributed by atoms with E-state index in [4.69, 9.17) is 4.74 Å². The van der Waals surface area contributed by atoms with Gasteiger partial charge in [-0.15, -0.1) is 0 Å². The number of piperidine rings is 1. The molecule has 3 aromatic rings. The molecule has 1 N–H and O–H groups in total. The number of sulfone groups is 1. The van der Waals surface area contributed by atoms with Crippen molar-refractivity contribution in [3.05, 3.63) is 95.1 Å². The van der Waals surface area contributed by atoms with Crippen molar-refractivity contribution in [1.82, 2.24) is 10.2 Å². The van der Waals surface area contributed by atoms with Crippen LogP contribution in [0.5, 0.6) is 0 Å². The molecule has 1 unspecified atom stereocenters. The topological polar surface area (TPSA) is 96.0 Å². The Morgan fingerprint density at radius 2 is 1.56 bits per heavy atom. The fourth-order valence-corrected chi connectivity index (χ4v) is 6.68. The number of anilines is 1. The van der Waals surface area contributed by atoms with E-state index < -0.39 is 27.6 Å². The van der Waals surface area contributed by atoms with Gasteiger partial charge in [0, 0.05) is 43.3 Å². The smallest absolute Gasteiger partial charge is 0.378 e. The Kier molecular flexibility index (Phi) is 9.83. The van der Waals surface area contributed by atoms with Gasteiger partial charge in [0.1, 0.15) is 6.04 Å². The van der Waals surface area contributed by atoms with Gasteiger partial charge in [0.15, 0.2) is 9.84 Å². The van der Waals surface area contributed by atoms with Gasteiger partial charge in [0.25, 0.3) is 5.91 Å². The Labute approximate surface area is 261 Å². The number of carbonyl (C=O) groups is 2. The Balaban J connectivity index is 1.30. The van der Waals surface area contributed by atoms with E-state index in [-0.39, 0.29) is 34.9 Å². The Morgan fingerprint density at radius 1 is 0.911 bits per heavy atom. The number of amides is 2. The van der Waals surface area contributed by atoms with Crippen molar-refractivity contribution in [2.75, 3.05) is 43.5 Å². The number of hydrogen-bond donors (Lipinski definition) is 1. The van der Waals surface area contributed by atoms with Crippen molar-refractivity contribution in [2.24, 2.45) is 0 Å². The van der Waals surface area contributed by atoms with Crippen molar-refractivity contribution in [3.63, 3.8) is 0 Å². The van der Waals surface area contributed by atoms with Crippen LogP contribution in [0.25, 0.3) is 0 Å². The molecule has 0 radical (unpaired) electrons. The molecule has 2 fully saturated rings. The molecular weight excluding hydrogens is 607 g/mol. The minimum absolute atomic E-state index is 0.00827. The van der Waals surface area contributed by atoms with E-state index in [2.05, 4.69) is 5.32 Å². The van der Waals surface area contributed by atoms with Gasteiger partial charge in [-0.25, -0.2) is 8.42 Å². The molecular formula is C33H36F3N3O5S. The zero-order valence-corrected chi connectivity index (χ0v) is 25.7. The van der Waals surface area contributed by atoms with Crippen LogP contribution in [0.15, 0.2) is 77.7 Å². The summed E-state index contributed by atoms with van der Waals surface area (Å²) in [6.45, 7) is 4.17. The van der Waals surface area contributed by atoms with Crippen molar-refractivity contribution < 1.29 is 35.9 Å². The second-order valence-electron chi connectivity index (χ2n) is 11.3. The van der Waals surface area contributed by atoms with Crippen LogP contribution in [0.3, 0.4) is 0 Å². The molecule has 0 saturated carbocycles.